The number of thiazole rings is 1. The van der Waals surface area contributed by atoms with Crippen LogP contribution < -0.4 is 16.8 Å². The summed E-state index contributed by atoms with van der Waals surface area (Å²) in [6.45, 7) is 0.393. The molecular weight excluding hydrogens is 392 g/mol. The summed E-state index contributed by atoms with van der Waals surface area (Å²) in [6.07, 6.45) is -2.30. The van der Waals surface area contributed by atoms with Gasteiger partial charge in [0.25, 0.3) is 0 Å². The van der Waals surface area contributed by atoms with Gasteiger partial charge in [-0.25, -0.2) is 9.37 Å². The molecule has 1 unspecified atom stereocenters. The molecule has 1 aromatic heterocycles. The zero-order valence-corrected chi connectivity index (χ0v) is 15.4. The first-order chi connectivity index (χ1) is 13.2. The van der Waals surface area contributed by atoms with Gasteiger partial charge in [-0.15, -0.1) is 0 Å². The Labute approximate surface area is 163 Å². The maximum absolute atomic E-state index is 13.6. The molecule has 0 aliphatic heterocycles. The number of hydrogen-bond acceptors (Lipinski definition) is 5. The van der Waals surface area contributed by atoms with Gasteiger partial charge in [0.1, 0.15) is 5.82 Å². The lowest BCUT2D eigenvalue weighted by molar-refractivity contribution is -0.137. The standard InChI is InChI=1S/C19H18F4N4S/c20-15-8-12(3-6-16(15)25)17-10-27-18(28-17)26-9-14(24)7-11-1-4-13(5-2-11)19(21,22)23/h1-6,8,10,14H,7,9,24-25H2,(H,26,27). The van der Waals surface area contributed by atoms with Crippen molar-refractivity contribution in [3.05, 3.63) is 65.6 Å². The molecular formula is C19H18F4N4S. The molecule has 9 heteroatoms. The van der Waals surface area contributed by atoms with Gasteiger partial charge in [-0.3, -0.25) is 0 Å². The van der Waals surface area contributed by atoms with E-state index in [0.717, 1.165) is 22.6 Å². The Morgan fingerprint density at radius 1 is 1.11 bits per heavy atom. The van der Waals surface area contributed by atoms with Crippen LogP contribution in [-0.4, -0.2) is 17.6 Å². The van der Waals surface area contributed by atoms with Crippen molar-refractivity contribution in [2.75, 3.05) is 17.6 Å². The Kier molecular flexibility index (Phi) is 5.85. The van der Waals surface area contributed by atoms with Crippen LogP contribution in [0.3, 0.4) is 0 Å². The van der Waals surface area contributed by atoms with Crippen molar-refractivity contribution in [1.82, 2.24) is 4.98 Å². The fourth-order valence-corrected chi connectivity index (χ4v) is 3.41. The lowest BCUT2D eigenvalue weighted by Crippen LogP contribution is -2.31. The molecule has 0 radical (unpaired) electrons. The molecule has 2 aromatic carbocycles. The predicted octanol–water partition coefficient (Wildman–Crippen LogP) is 4.53. The molecule has 0 aliphatic rings. The number of anilines is 2. The van der Waals surface area contributed by atoms with Crippen molar-refractivity contribution in [2.45, 2.75) is 18.6 Å². The van der Waals surface area contributed by atoms with Gasteiger partial charge in [0.15, 0.2) is 5.13 Å². The summed E-state index contributed by atoms with van der Waals surface area (Å²) >= 11 is 1.34. The van der Waals surface area contributed by atoms with Crippen LogP contribution in [0.2, 0.25) is 0 Å². The van der Waals surface area contributed by atoms with Crippen LogP contribution in [0.1, 0.15) is 11.1 Å². The van der Waals surface area contributed by atoms with E-state index in [2.05, 4.69) is 10.3 Å². The molecule has 0 aliphatic carbocycles. The number of nitrogens with two attached hydrogens (primary N) is 2. The zero-order valence-electron chi connectivity index (χ0n) is 14.6. The normalized spacial score (nSPS) is 12.8. The second-order valence-electron chi connectivity index (χ2n) is 6.31. The van der Waals surface area contributed by atoms with E-state index in [0.29, 0.717) is 23.7 Å². The van der Waals surface area contributed by atoms with E-state index in [9.17, 15) is 17.6 Å². The molecule has 28 heavy (non-hydrogen) atoms. The molecule has 148 valence electrons. The SMILES string of the molecule is Nc1ccc(-c2cnc(NCC(N)Cc3ccc(C(F)(F)F)cc3)s2)cc1F. The summed E-state index contributed by atoms with van der Waals surface area (Å²) < 4.78 is 51.4. The van der Waals surface area contributed by atoms with Crippen LogP contribution in [0, 0.1) is 5.82 Å². The van der Waals surface area contributed by atoms with E-state index in [1.807, 2.05) is 0 Å². The quantitative estimate of drug-likeness (QED) is 0.412. The van der Waals surface area contributed by atoms with Crippen molar-refractivity contribution in [3.63, 3.8) is 0 Å². The Morgan fingerprint density at radius 3 is 2.46 bits per heavy atom. The molecule has 4 nitrogen and oxygen atoms in total. The van der Waals surface area contributed by atoms with E-state index in [4.69, 9.17) is 11.5 Å². The van der Waals surface area contributed by atoms with Gasteiger partial charge in [0.05, 0.1) is 16.1 Å². The van der Waals surface area contributed by atoms with E-state index in [-0.39, 0.29) is 11.7 Å². The van der Waals surface area contributed by atoms with Gasteiger partial charge in [0.2, 0.25) is 0 Å². The molecule has 0 spiro atoms. The largest absolute Gasteiger partial charge is 0.416 e. The first kappa shape index (κ1) is 20.1. The average molecular weight is 410 g/mol. The number of aromatic nitrogens is 1. The van der Waals surface area contributed by atoms with E-state index >= 15 is 0 Å². The predicted molar refractivity (Wildman–Crippen MR) is 104 cm³/mol. The topological polar surface area (TPSA) is 77.0 Å². The first-order valence-electron chi connectivity index (χ1n) is 8.39. The third-order valence-electron chi connectivity index (χ3n) is 4.09. The van der Waals surface area contributed by atoms with Gasteiger partial charge in [-0.05, 0) is 41.8 Å². The molecule has 1 heterocycles. The average Bonchev–Trinajstić information content (AvgIpc) is 3.11. The first-order valence-corrected chi connectivity index (χ1v) is 9.21. The maximum atomic E-state index is 13.6. The van der Waals surface area contributed by atoms with Crippen molar-refractivity contribution in [1.29, 1.82) is 0 Å². The number of rotatable bonds is 6. The third kappa shape index (κ3) is 4.99. The molecule has 5 N–H and O–H groups in total. The van der Waals surface area contributed by atoms with Crippen LogP contribution in [0.5, 0.6) is 0 Å². The van der Waals surface area contributed by atoms with E-state index in [1.165, 1.54) is 35.6 Å². The Balaban J connectivity index is 1.55. The highest BCUT2D eigenvalue weighted by Gasteiger charge is 2.29. The summed E-state index contributed by atoms with van der Waals surface area (Å²) in [4.78, 5) is 5.01. The van der Waals surface area contributed by atoms with Crippen molar-refractivity contribution >= 4 is 22.2 Å². The number of benzene rings is 2. The highest BCUT2D eigenvalue weighted by molar-refractivity contribution is 7.18. The Bertz CT molecular complexity index is 938. The molecule has 0 saturated carbocycles. The van der Waals surface area contributed by atoms with Crippen molar-refractivity contribution < 1.29 is 17.6 Å². The van der Waals surface area contributed by atoms with Crippen LogP contribution in [0.4, 0.5) is 28.4 Å². The smallest absolute Gasteiger partial charge is 0.396 e. The number of hydrogen-bond donors (Lipinski definition) is 3. The zero-order chi connectivity index (χ0) is 20.3. The number of halogens is 4. The maximum Gasteiger partial charge on any atom is 0.416 e. The summed E-state index contributed by atoms with van der Waals surface area (Å²) in [6, 6.07) is 9.22. The summed E-state index contributed by atoms with van der Waals surface area (Å²) in [7, 11) is 0. The number of nitrogens with one attached hydrogen (secondary N) is 1. The highest BCUT2D eigenvalue weighted by atomic mass is 32.1. The molecule has 0 saturated heterocycles. The van der Waals surface area contributed by atoms with Gasteiger partial charge in [0, 0.05) is 18.8 Å². The Hall–Kier alpha value is -2.65. The molecule has 0 bridgehead atoms. The second-order valence-corrected chi connectivity index (χ2v) is 7.34. The summed E-state index contributed by atoms with van der Waals surface area (Å²) in [5, 5.41) is 3.72. The van der Waals surface area contributed by atoms with Gasteiger partial charge >= 0.3 is 6.18 Å². The molecule has 3 rings (SSSR count). The van der Waals surface area contributed by atoms with Crippen LogP contribution in [0.15, 0.2) is 48.7 Å². The molecule has 3 aromatic rings. The third-order valence-corrected chi connectivity index (χ3v) is 5.09. The van der Waals surface area contributed by atoms with Crippen LogP contribution in [0.25, 0.3) is 10.4 Å². The van der Waals surface area contributed by atoms with Gasteiger partial charge < -0.3 is 16.8 Å². The highest BCUT2D eigenvalue weighted by Crippen LogP contribution is 2.31. The monoisotopic (exact) mass is 410 g/mol. The summed E-state index contributed by atoms with van der Waals surface area (Å²) in [5.74, 6) is -0.487. The molecule has 0 fully saturated rings. The lowest BCUT2D eigenvalue weighted by atomic mass is 10.0. The van der Waals surface area contributed by atoms with E-state index < -0.39 is 17.6 Å². The van der Waals surface area contributed by atoms with E-state index in [1.54, 1.807) is 12.3 Å². The minimum atomic E-state index is -4.35. The van der Waals surface area contributed by atoms with Crippen molar-refractivity contribution in [3.8, 4) is 10.4 Å². The molecule has 0 amide bonds. The molecule has 1 atom stereocenters. The fourth-order valence-electron chi connectivity index (χ4n) is 2.59. The number of nitrogen functional groups attached to an aromatic ring is 1. The Morgan fingerprint density at radius 2 is 1.82 bits per heavy atom. The fraction of sp³-hybridized carbons (Fsp3) is 0.211. The van der Waals surface area contributed by atoms with Crippen LogP contribution in [-0.2, 0) is 12.6 Å². The van der Waals surface area contributed by atoms with Gasteiger partial charge in [-0.1, -0.05) is 29.5 Å². The number of nitrogens with zero attached hydrogens (tertiary/aromatic N) is 1. The van der Waals surface area contributed by atoms with Crippen LogP contribution >= 0.6 is 11.3 Å². The second kappa shape index (κ2) is 8.15. The van der Waals surface area contributed by atoms with Crippen molar-refractivity contribution in [2.24, 2.45) is 5.73 Å². The minimum absolute atomic E-state index is 0.0841. The lowest BCUT2D eigenvalue weighted by Gasteiger charge is -2.13. The number of alkyl halides is 3. The minimum Gasteiger partial charge on any atom is -0.396 e. The van der Waals surface area contributed by atoms with Gasteiger partial charge in [-0.2, -0.15) is 13.2 Å². The summed E-state index contributed by atoms with van der Waals surface area (Å²) in [5.41, 5.74) is 12.3.